The Hall–Kier alpha value is -2.66. The van der Waals surface area contributed by atoms with E-state index in [-0.39, 0.29) is 17.6 Å². The fourth-order valence-corrected chi connectivity index (χ4v) is 3.96. The van der Waals surface area contributed by atoms with Crippen molar-refractivity contribution in [2.75, 3.05) is 18.6 Å². The predicted molar refractivity (Wildman–Crippen MR) is 101 cm³/mol. The fraction of sp³-hybridized carbons (Fsp3) is 0.318. The zero-order chi connectivity index (χ0) is 19.0. The zero-order valence-electron chi connectivity index (χ0n) is 15.4. The highest BCUT2D eigenvalue weighted by molar-refractivity contribution is 6.07. The third-order valence-electron chi connectivity index (χ3n) is 5.39. The molecule has 0 saturated heterocycles. The summed E-state index contributed by atoms with van der Waals surface area (Å²) in [6.45, 7) is 2.85. The molecule has 4 rings (SSSR count). The Bertz CT molecular complexity index is 893. The maximum absolute atomic E-state index is 13.6. The molecular formula is C22H22FNO3. The topological polar surface area (TPSA) is 38.8 Å². The molecule has 0 radical (unpaired) electrons. The molecule has 0 N–H and O–H groups in total. The number of methoxy groups -OCH3 is 1. The molecule has 0 unspecified atom stereocenters. The van der Waals surface area contributed by atoms with Gasteiger partial charge < -0.3 is 14.4 Å². The van der Waals surface area contributed by atoms with Crippen molar-refractivity contribution in [1.82, 2.24) is 0 Å². The summed E-state index contributed by atoms with van der Waals surface area (Å²) in [7, 11) is 1.61. The number of amides is 1. The van der Waals surface area contributed by atoms with Crippen molar-refractivity contribution in [3.8, 4) is 5.75 Å². The number of anilines is 1. The van der Waals surface area contributed by atoms with Crippen LogP contribution in [0.15, 0.2) is 54.6 Å². The van der Waals surface area contributed by atoms with Gasteiger partial charge in [0.15, 0.2) is 5.60 Å². The molecule has 5 heteroatoms. The summed E-state index contributed by atoms with van der Waals surface area (Å²) >= 11 is 0. The van der Waals surface area contributed by atoms with Crippen LogP contribution < -0.4 is 9.64 Å². The smallest absolute Gasteiger partial charge is 0.264 e. The van der Waals surface area contributed by atoms with Gasteiger partial charge in [-0.25, -0.2) is 4.39 Å². The number of fused-ring (bicyclic) bond motifs is 2. The Morgan fingerprint density at radius 1 is 1.26 bits per heavy atom. The number of halogens is 1. The van der Waals surface area contributed by atoms with Gasteiger partial charge in [-0.2, -0.15) is 0 Å². The van der Waals surface area contributed by atoms with Gasteiger partial charge in [-0.15, -0.1) is 0 Å². The lowest BCUT2D eigenvalue weighted by molar-refractivity contribution is -0.148. The van der Waals surface area contributed by atoms with Crippen LogP contribution in [0.5, 0.6) is 5.75 Å². The summed E-state index contributed by atoms with van der Waals surface area (Å²) < 4.78 is 24.9. The van der Waals surface area contributed by atoms with Crippen LogP contribution in [0.2, 0.25) is 0 Å². The van der Waals surface area contributed by atoms with Gasteiger partial charge in [0.05, 0.1) is 25.9 Å². The van der Waals surface area contributed by atoms with Crippen LogP contribution in [0.3, 0.4) is 0 Å². The van der Waals surface area contributed by atoms with Gasteiger partial charge in [0.1, 0.15) is 11.6 Å². The van der Waals surface area contributed by atoms with E-state index in [1.807, 2.05) is 25.1 Å². The van der Waals surface area contributed by atoms with Crippen molar-refractivity contribution in [3.63, 3.8) is 0 Å². The van der Waals surface area contributed by atoms with E-state index in [0.29, 0.717) is 18.9 Å². The van der Waals surface area contributed by atoms with Crippen LogP contribution in [-0.2, 0) is 21.7 Å². The van der Waals surface area contributed by atoms with Gasteiger partial charge in [-0.3, -0.25) is 4.79 Å². The SMILES string of the molecule is COc1ccc2c(c1)[C@@]1(OCCC=C[C@@H]1C)C(=O)N2Cc1ccc(F)cc1. The standard InChI is InChI=1S/C22H22FNO3/c1-15-5-3-4-12-27-22(15)19-13-18(26-2)10-11-20(19)24(21(22)25)14-16-6-8-17(23)9-7-16/h3,5-11,13,15H,4,12,14H2,1-2H3/t15-,22+/m0/s1. The Morgan fingerprint density at radius 2 is 2.04 bits per heavy atom. The Balaban J connectivity index is 1.82. The average Bonchev–Trinajstić information content (AvgIpc) is 2.80. The number of carbonyl (C=O) groups excluding carboxylic acids is 1. The summed E-state index contributed by atoms with van der Waals surface area (Å²) in [6.07, 6.45) is 4.89. The number of rotatable bonds is 3. The fourth-order valence-electron chi connectivity index (χ4n) is 3.96. The van der Waals surface area contributed by atoms with Crippen molar-refractivity contribution < 1.29 is 18.7 Å². The first-order chi connectivity index (χ1) is 13.1. The molecule has 2 aromatic rings. The van der Waals surface area contributed by atoms with Crippen molar-refractivity contribution in [2.24, 2.45) is 5.92 Å². The largest absolute Gasteiger partial charge is 0.497 e. The van der Waals surface area contributed by atoms with Gasteiger partial charge >= 0.3 is 0 Å². The molecular weight excluding hydrogens is 345 g/mol. The molecule has 4 nitrogen and oxygen atoms in total. The van der Waals surface area contributed by atoms with E-state index < -0.39 is 5.60 Å². The van der Waals surface area contributed by atoms with Crippen molar-refractivity contribution in [2.45, 2.75) is 25.5 Å². The predicted octanol–water partition coefficient (Wildman–Crippen LogP) is 4.19. The molecule has 27 heavy (non-hydrogen) atoms. The van der Waals surface area contributed by atoms with E-state index in [4.69, 9.17) is 9.47 Å². The first-order valence-electron chi connectivity index (χ1n) is 9.12. The Kier molecular flexibility index (Phi) is 4.48. The lowest BCUT2D eigenvalue weighted by Crippen LogP contribution is -2.46. The second-order valence-electron chi connectivity index (χ2n) is 6.99. The molecule has 2 aliphatic heterocycles. The molecule has 140 valence electrons. The normalized spacial score (nSPS) is 24.2. The number of hydrogen-bond acceptors (Lipinski definition) is 3. The highest BCUT2D eigenvalue weighted by atomic mass is 19.1. The maximum atomic E-state index is 13.6. The van der Waals surface area contributed by atoms with Crippen LogP contribution in [0, 0.1) is 11.7 Å². The minimum absolute atomic E-state index is 0.0888. The van der Waals surface area contributed by atoms with Gasteiger partial charge in [0.2, 0.25) is 0 Å². The molecule has 1 amide bonds. The summed E-state index contributed by atoms with van der Waals surface area (Å²) in [5.74, 6) is 0.193. The molecule has 2 aliphatic rings. The van der Waals surface area contributed by atoms with E-state index in [1.165, 1.54) is 12.1 Å². The Morgan fingerprint density at radius 3 is 2.78 bits per heavy atom. The molecule has 0 aliphatic carbocycles. The lowest BCUT2D eigenvalue weighted by atomic mass is 9.83. The molecule has 0 fully saturated rings. The van der Waals surface area contributed by atoms with Gasteiger partial charge in [-0.05, 0) is 42.3 Å². The third kappa shape index (κ3) is 2.82. The highest BCUT2D eigenvalue weighted by Crippen LogP contribution is 2.50. The number of hydrogen-bond donors (Lipinski definition) is 0. The van der Waals surface area contributed by atoms with Crippen LogP contribution in [0.4, 0.5) is 10.1 Å². The van der Waals surface area contributed by atoms with E-state index >= 15 is 0 Å². The molecule has 0 saturated carbocycles. The van der Waals surface area contributed by atoms with E-state index in [0.717, 1.165) is 23.2 Å². The van der Waals surface area contributed by atoms with E-state index in [1.54, 1.807) is 24.1 Å². The highest BCUT2D eigenvalue weighted by Gasteiger charge is 2.55. The summed E-state index contributed by atoms with van der Waals surface area (Å²) in [5.41, 5.74) is 1.44. The van der Waals surface area contributed by atoms with Crippen molar-refractivity contribution >= 4 is 11.6 Å². The molecule has 0 bridgehead atoms. The Labute approximate surface area is 158 Å². The summed E-state index contributed by atoms with van der Waals surface area (Å²) in [6, 6.07) is 11.9. The van der Waals surface area contributed by atoms with Crippen LogP contribution in [-0.4, -0.2) is 19.6 Å². The minimum Gasteiger partial charge on any atom is -0.497 e. The summed E-state index contributed by atoms with van der Waals surface area (Å²) in [4.78, 5) is 15.4. The van der Waals surface area contributed by atoms with Crippen LogP contribution in [0.25, 0.3) is 0 Å². The number of nitrogens with zero attached hydrogens (tertiary/aromatic N) is 1. The number of ether oxygens (including phenoxy) is 2. The minimum atomic E-state index is -1.06. The second kappa shape index (κ2) is 6.82. The van der Waals surface area contributed by atoms with Gasteiger partial charge in [-0.1, -0.05) is 31.2 Å². The number of carbonyl (C=O) groups is 1. The van der Waals surface area contributed by atoms with Crippen LogP contribution >= 0.6 is 0 Å². The van der Waals surface area contributed by atoms with Gasteiger partial charge in [0, 0.05) is 11.5 Å². The molecule has 1 spiro atoms. The van der Waals surface area contributed by atoms with Crippen molar-refractivity contribution in [3.05, 3.63) is 71.6 Å². The van der Waals surface area contributed by atoms with Crippen molar-refractivity contribution in [1.29, 1.82) is 0 Å². The monoisotopic (exact) mass is 367 g/mol. The van der Waals surface area contributed by atoms with E-state index in [2.05, 4.69) is 12.2 Å². The third-order valence-corrected chi connectivity index (χ3v) is 5.39. The van der Waals surface area contributed by atoms with Gasteiger partial charge in [0.25, 0.3) is 5.91 Å². The summed E-state index contributed by atoms with van der Waals surface area (Å²) in [5, 5.41) is 0. The first kappa shape index (κ1) is 17.7. The quantitative estimate of drug-likeness (QED) is 0.764. The second-order valence-corrected chi connectivity index (χ2v) is 6.99. The molecule has 2 aromatic carbocycles. The van der Waals surface area contributed by atoms with E-state index in [9.17, 15) is 9.18 Å². The maximum Gasteiger partial charge on any atom is 0.264 e. The average molecular weight is 367 g/mol. The molecule has 2 heterocycles. The number of benzene rings is 2. The molecule has 2 atom stereocenters. The zero-order valence-corrected chi connectivity index (χ0v) is 15.4. The van der Waals surface area contributed by atoms with Crippen LogP contribution in [0.1, 0.15) is 24.5 Å². The first-order valence-corrected chi connectivity index (χ1v) is 9.12. The molecule has 0 aromatic heterocycles. The lowest BCUT2D eigenvalue weighted by Gasteiger charge is -2.32.